The van der Waals surface area contributed by atoms with Gasteiger partial charge in [0.2, 0.25) is 5.91 Å². The molecule has 0 aromatic heterocycles. The number of carbonyl (C=O) groups excluding carboxylic acids is 3. The molecule has 23 heavy (non-hydrogen) atoms. The Bertz CT molecular complexity index is 617. The predicted molar refractivity (Wildman–Crippen MR) is 84.5 cm³/mol. The molecule has 0 saturated carbocycles. The highest BCUT2D eigenvalue weighted by Gasteiger charge is 2.26. The van der Waals surface area contributed by atoms with E-state index in [1.54, 1.807) is 18.2 Å². The lowest BCUT2D eigenvalue weighted by atomic mass is 10.1. The summed E-state index contributed by atoms with van der Waals surface area (Å²) < 4.78 is 5.28. The maximum absolute atomic E-state index is 12.0. The largest absolute Gasteiger partial charge is 0.495 e. The summed E-state index contributed by atoms with van der Waals surface area (Å²) in [6.45, 7) is 1.27. The maximum Gasteiger partial charge on any atom is 0.328 e. The van der Waals surface area contributed by atoms with Gasteiger partial charge in [0, 0.05) is 25.1 Å². The van der Waals surface area contributed by atoms with E-state index in [9.17, 15) is 14.4 Å². The molecular weight excluding hydrogens is 300 g/mol. The second-order valence-electron chi connectivity index (χ2n) is 5.04. The smallest absolute Gasteiger partial charge is 0.328 e. The van der Waals surface area contributed by atoms with E-state index in [-0.39, 0.29) is 24.8 Å². The zero-order chi connectivity index (χ0) is 16.8. The van der Waals surface area contributed by atoms with Crippen LogP contribution in [0.3, 0.4) is 0 Å². The molecule has 8 heteroatoms. The Morgan fingerprint density at radius 1 is 1.43 bits per heavy atom. The zero-order valence-corrected chi connectivity index (χ0v) is 12.9. The summed E-state index contributed by atoms with van der Waals surface area (Å²) in [6.07, 6.45) is 0.916. The highest BCUT2D eigenvalue weighted by atomic mass is 16.5. The standard InChI is InChI=1S/C15H20N4O4/c1-23-12-9-10(14(21)17-7-2-6-16)3-4-11(12)19-8-5-13(20)18-15(19)22/h3-4,9H,2,5-8,16H2,1H3,(H,17,21)(H,18,20,22). The zero-order valence-electron chi connectivity index (χ0n) is 12.9. The van der Waals surface area contributed by atoms with Gasteiger partial charge >= 0.3 is 6.03 Å². The van der Waals surface area contributed by atoms with Gasteiger partial charge in [-0.05, 0) is 31.2 Å². The van der Waals surface area contributed by atoms with Crippen LogP contribution >= 0.6 is 0 Å². The summed E-state index contributed by atoms with van der Waals surface area (Å²) >= 11 is 0. The van der Waals surface area contributed by atoms with Crippen LogP contribution in [0.1, 0.15) is 23.2 Å². The topological polar surface area (TPSA) is 114 Å². The monoisotopic (exact) mass is 320 g/mol. The Kier molecular flexibility index (Phi) is 5.53. The van der Waals surface area contributed by atoms with Crippen molar-refractivity contribution >= 4 is 23.5 Å². The van der Waals surface area contributed by atoms with E-state index in [4.69, 9.17) is 10.5 Å². The van der Waals surface area contributed by atoms with Gasteiger partial charge in [0.25, 0.3) is 5.91 Å². The SMILES string of the molecule is COc1cc(C(=O)NCCCN)ccc1N1CCC(=O)NC1=O. The number of hydrogen-bond acceptors (Lipinski definition) is 5. The molecule has 124 valence electrons. The number of rotatable bonds is 6. The highest BCUT2D eigenvalue weighted by Crippen LogP contribution is 2.30. The average Bonchev–Trinajstić information content (AvgIpc) is 2.54. The summed E-state index contributed by atoms with van der Waals surface area (Å²) in [4.78, 5) is 36.6. The average molecular weight is 320 g/mol. The van der Waals surface area contributed by atoms with Crippen LogP contribution in [-0.2, 0) is 4.79 Å². The molecule has 1 heterocycles. The fraction of sp³-hybridized carbons (Fsp3) is 0.400. The molecule has 1 aromatic carbocycles. The third-order valence-electron chi connectivity index (χ3n) is 3.45. The molecule has 2 rings (SSSR count). The van der Waals surface area contributed by atoms with Crippen LogP contribution in [0.15, 0.2) is 18.2 Å². The van der Waals surface area contributed by atoms with E-state index in [2.05, 4.69) is 10.6 Å². The van der Waals surface area contributed by atoms with Gasteiger partial charge in [-0.1, -0.05) is 0 Å². The molecule has 8 nitrogen and oxygen atoms in total. The van der Waals surface area contributed by atoms with Crippen LogP contribution in [0, 0.1) is 0 Å². The van der Waals surface area contributed by atoms with Gasteiger partial charge in [0.05, 0.1) is 12.8 Å². The third kappa shape index (κ3) is 3.98. The van der Waals surface area contributed by atoms with Crippen LogP contribution < -0.4 is 26.0 Å². The molecule has 1 fully saturated rings. The number of methoxy groups -OCH3 is 1. The fourth-order valence-corrected chi connectivity index (χ4v) is 2.24. The second-order valence-corrected chi connectivity index (χ2v) is 5.04. The molecule has 0 atom stereocenters. The molecule has 0 spiro atoms. The summed E-state index contributed by atoms with van der Waals surface area (Å²) in [6, 6.07) is 4.31. The number of nitrogens with two attached hydrogens (primary N) is 1. The maximum atomic E-state index is 12.0. The molecule has 1 aliphatic rings. The van der Waals surface area contributed by atoms with E-state index in [1.807, 2.05) is 0 Å². The number of hydrogen-bond donors (Lipinski definition) is 3. The van der Waals surface area contributed by atoms with Crippen LogP contribution in [0.4, 0.5) is 10.5 Å². The molecule has 1 saturated heterocycles. The molecule has 1 aromatic rings. The lowest BCUT2D eigenvalue weighted by molar-refractivity contribution is -0.120. The Hall–Kier alpha value is -2.61. The first kappa shape index (κ1) is 16.8. The van der Waals surface area contributed by atoms with Crippen LogP contribution in [0.25, 0.3) is 0 Å². The second kappa shape index (κ2) is 7.59. The van der Waals surface area contributed by atoms with Gasteiger partial charge in [0.1, 0.15) is 5.75 Å². The van der Waals surface area contributed by atoms with Crippen LogP contribution in [0.2, 0.25) is 0 Å². The number of nitrogens with one attached hydrogen (secondary N) is 2. The number of urea groups is 1. The normalized spacial score (nSPS) is 14.4. The van der Waals surface area contributed by atoms with Gasteiger partial charge in [-0.25, -0.2) is 4.79 Å². The Morgan fingerprint density at radius 3 is 2.87 bits per heavy atom. The number of carbonyl (C=O) groups is 3. The molecule has 4 amide bonds. The van der Waals surface area contributed by atoms with Gasteiger partial charge in [-0.2, -0.15) is 0 Å². The molecule has 0 radical (unpaired) electrons. The minimum atomic E-state index is -0.500. The van der Waals surface area contributed by atoms with Gasteiger partial charge < -0.3 is 15.8 Å². The van der Waals surface area contributed by atoms with Gasteiger partial charge in [-0.3, -0.25) is 19.8 Å². The van der Waals surface area contributed by atoms with Crippen molar-refractivity contribution in [2.24, 2.45) is 5.73 Å². The van der Waals surface area contributed by atoms with Crippen molar-refractivity contribution < 1.29 is 19.1 Å². The molecule has 0 bridgehead atoms. The highest BCUT2D eigenvalue weighted by molar-refractivity contribution is 6.06. The number of imide groups is 1. The Balaban J connectivity index is 2.18. The Labute approximate surface area is 134 Å². The first-order valence-corrected chi connectivity index (χ1v) is 7.34. The van der Waals surface area contributed by atoms with Crippen molar-refractivity contribution in [3.8, 4) is 5.75 Å². The minimum Gasteiger partial charge on any atom is -0.495 e. The lowest BCUT2D eigenvalue weighted by Gasteiger charge is -2.28. The fourth-order valence-electron chi connectivity index (χ4n) is 2.24. The van der Waals surface area contributed by atoms with E-state index in [1.165, 1.54) is 12.0 Å². The van der Waals surface area contributed by atoms with Crippen molar-refractivity contribution in [3.05, 3.63) is 23.8 Å². The Morgan fingerprint density at radius 2 is 2.22 bits per heavy atom. The van der Waals surface area contributed by atoms with Crippen LogP contribution in [0.5, 0.6) is 5.75 Å². The third-order valence-corrected chi connectivity index (χ3v) is 3.45. The number of amides is 4. The van der Waals surface area contributed by atoms with E-state index in [0.29, 0.717) is 36.5 Å². The molecular formula is C15H20N4O4. The van der Waals surface area contributed by atoms with E-state index >= 15 is 0 Å². The van der Waals surface area contributed by atoms with E-state index in [0.717, 1.165) is 0 Å². The van der Waals surface area contributed by atoms with E-state index < -0.39 is 6.03 Å². The van der Waals surface area contributed by atoms with Gasteiger partial charge in [0.15, 0.2) is 0 Å². The summed E-state index contributed by atoms with van der Waals surface area (Å²) in [5.41, 5.74) is 6.32. The van der Waals surface area contributed by atoms with Crippen LogP contribution in [-0.4, -0.2) is 44.6 Å². The lowest BCUT2D eigenvalue weighted by Crippen LogP contribution is -2.49. The van der Waals surface area contributed by atoms with Crippen molar-refractivity contribution in [1.29, 1.82) is 0 Å². The van der Waals surface area contributed by atoms with Gasteiger partial charge in [-0.15, -0.1) is 0 Å². The number of nitrogens with zero attached hydrogens (tertiary/aromatic N) is 1. The summed E-state index contributed by atoms with van der Waals surface area (Å²) in [5, 5.41) is 5.00. The van der Waals surface area contributed by atoms with Crippen molar-refractivity contribution in [1.82, 2.24) is 10.6 Å². The van der Waals surface area contributed by atoms with Crippen molar-refractivity contribution in [3.63, 3.8) is 0 Å². The van der Waals surface area contributed by atoms with Crippen molar-refractivity contribution in [2.45, 2.75) is 12.8 Å². The summed E-state index contributed by atoms with van der Waals surface area (Å²) in [7, 11) is 1.46. The number of anilines is 1. The first-order chi connectivity index (χ1) is 11.1. The number of benzene rings is 1. The number of ether oxygens (including phenoxy) is 1. The first-order valence-electron chi connectivity index (χ1n) is 7.34. The molecule has 4 N–H and O–H groups in total. The molecule has 0 unspecified atom stereocenters. The minimum absolute atomic E-state index is 0.218. The predicted octanol–water partition coefficient (Wildman–Crippen LogP) is 0.220. The van der Waals surface area contributed by atoms with Crippen molar-refractivity contribution in [2.75, 3.05) is 31.6 Å². The quantitative estimate of drug-likeness (QED) is 0.649. The molecule has 1 aliphatic heterocycles. The molecule has 0 aliphatic carbocycles. The summed E-state index contributed by atoms with van der Waals surface area (Å²) in [5.74, 6) is -0.149.